The van der Waals surface area contributed by atoms with Crippen molar-refractivity contribution in [1.29, 1.82) is 0 Å². The van der Waals surface area contributed by atoms with Gasteiger partial charge in [-0.2, -0.15) is 0 Å². The van der Waals surface area contributed by atoms with Crippen molar-refractivity contribution in [2.75, 3.05) is 0 Å². The van der Waals surface area contributed by atoms with Crippen LogP contribution in [0.5, 0.6) is 0 Å². The quantitative estimate of drug-likeness (QED) is 0.444. The second-order valence-electron chi connectivity index (χ2n) is 5.58. The molecule has 0 saturated heterocycles. The second kappa shape index (κ2) is 9.42. The Balaban J connectivity index is 1.65. The second-order valence-corrected chi connectivity index (χ2v) is 8.26. The van der Waals surface area contributed by atoms with E-state index in [9.17, 15) is 0 Å². The Morgan fingerprint density at radius 2 is 1.73 bits per heavy atom. The number of rotatable bonds is 6. The molecular weight excluding hydrogens is 407 g/mol. The first-order chi connectivity index (χ1) is 12.6. The standard InChI is InChI=1S/C19H16Cl2N2OS2/c20-16-5-1-14(2-6-16)12-24-19(25)26-18(11-23-10-9-22-13-23)15-3-7-17(21)8-4-15/h1-10,13,18H,11-12H2. The van der Waals surface area contributed by atoms with E-state index in [0.29, 0.717) is 21.0 Å². The Morgan fingerprint density at radius 3 is 2.35 bits per heavy atom. The lowest BCUT2D eigenvalue weighted by Crippen LogP contribution is -2.09. The molecule has 0 bridgehead atoms. The molecule has 2 aromatic carbocycles. The third-order valence-corrected chi connectivity index (χ3v) is 5.61. The number of aromatic nitrogens is 2. The van der Waals surface area contributed by atoms with Crippen molar-refractivity contribution >= 4 is 51.6 Å². The monoisotopic (exact) mass is 422 g/mol. The predicted octanol–water partition coefficient (Wildman–Crippen LogP) is 6.17. The molecule has 1 aromatic heterocycles. The highest BCUT2D eigenvalue weighted by molar-refractivity contribution is 8.22. The van der Waals surface area contributed by atoms with Gasteiger partial charge in [0.25, 0.3) is 0 Å². The Kier molecular flexibility index (Phi) is 6.97. The first-order valence-corrected chi connectivity index (χ1v) is 9.93. The van der Waals surface area contributed by atoms with E-state index < -0.39 is 0 Å². The van der Waals surface area contributed by atoms with Gasteiger partial charge < -0.3 is 9.30 Å². The van der Waals surface area contributed by atoms with Gasteiger partial charge in [-0.3, -0.25) is 0 Å². The van der Waals surface area contributed by atoms with Crippen molar-refractivity contribution in [3.05, 3.63) is 88.4 Å². The van der Waals surface area contributed by atoms with Gasteiger partial charge in [-0.15, -0.1) is 0 Å². The van der Waals surface area contributed by atoms with E-state index in [1.54, 1.807) is 12.5 Å². The zero-order valence-corrected chi connectivity index (χ0v) is 16.9. The fraction of sp³-hybridized carbons (Fsp3) is 0.158. The number of nitrogens with zero attached hydrogens (tertiary/aromatic N) is 2. The third kappa shape index (κ3) is 5.74. The highest BCUT2D eigenvalue weighted by Gasteiger charge is 2.17. The minimum Gasteiger partial charge on any atom is -0.474 e. The maximum atomic E-state index is 6.01. The average Bonchev–Trinajstić information content (AvgIpc) is 3.14. The Hall–Kier alpha value is -1.53. The summed E-state index contributed by atoms with van der Waals surface area (Å²) >= 11 is 18.9. The molecule has 3 nitrogen and oxygen atoms in total. The van der Waals surface area contributed by atoms with E-state index in [1.807, 2.05) is 59.3 Å². The number of hydrogen-bond donors (Lipinski definition) is 0. The lowest BCUT2D eigenvalue weighted by atomic mass is 10.1. The molecule has 1 heterocycles. The summed E-state index contributed by atoms with van der Waals surface area (Å²) in [5.41, 5.74) is 2.15. The number of thiocarbonyl (C=S) groups is 1. The van der Waals surface area contributed by atoms with Crippen LogP contribution in [0.2, 0.25) is 10.0 Å². The molecule has 134 valence electrons. The van der Waals surface area contributed by atoms with Gasteiger partial charge in [0.2, 0.25) is 4.38 Å². The van der Waals surface area contributed by atoms with Gasteiger partial charge in [-0.05, 0) is 47.6 Å². The first kappa shape index (κ1) is 19.2. The maximum Gasteiger partial charge on any atom is 0.220 e. The zero-order valence-electron chi connectivity index (χ0n) is 13.7. The van der Waals surface area contributed by atoms with Gasteiger partial charge in [-0.25, -0.2) is 4.98 Å². The van der Waals surface area contributed by atoms with Gasteiger partial charge in [0.05, 0.1) is 11.6 Å². The van der Waals surface area contributed by atoms with E-state index in [0.717, 1.165) is 17.7 Å². The maximum absolute atomic E-state index is 6.01. The van der Waals surface area contributed by atoms with Crippen LogP contribution in [0, 0.1) is 0 Å². The Morgan fingerprint density at radius 1 is 1.08 bits per heavy atom. The molecule has 0 amide bonds. The van der Waals surface area contributed by atoms with Gasteiger partial charge in [0.15, 0.2) is 0 Å². The average molecular weight is 423 g/mol. The van der Waals surface area contributed by atoms with Crippen LogP contribution in [0.3, 0.4) is 0 Å². The molecule has 0 aliphatic carbocycles. The van der Waals surface area contributed by atoms with Gasteiger partial charge >= 0.3 is 0 Å². The first-order valence-electron chi connectivity index (χ1n) is 7.89. The SMILES string of the molecule is S=C(OCc1ccc(Cl)cc1)SC(Cn1ccnc1)c1ccc(Cl)cc1. The molecular formula is C19H16Cl2N2OS2. The van der Waals surface area contributed by atoms with Crippen molar-refractivity contribution in [2.24, 2.45) is 0 Å². The molecule has 0 spiro atoms. The smallest absolute Gasteiger partial charge is 0.220 e. The molecule has 3 rings (SSSR count). The van der Waals surface area contributed by atoms with E-state index in [1.165, 1.54) is 11.8 Å². The summed E-state index contributed by atoms with van der Waals surface area (Å²) in [7, 11) is 0. The lowest BCUT2D eigenvalue weighted by molar-refractivity contribution is 0.310. The topological polar surface area (TPSA) is 27.1 Å². The van der Waals surface area contributed by atoms with Crippen LogP contribution in [0.4, 0.5) is 0 Å². The van der Waals surface area contributed by atoms with Crippen LogP contribution in [0.1, 0.15) is 16.4 Å². The number of hydrogen-bond acceptors (Lipinski definition) is 4. The molecule has 7 heteroatoms. The summed E-state index contributed by atoms with van der Waals surface area (Å²) in [4.78, 5) is 4.10. The van der Waals surface area contributed by atoms with Crippen molar-refractivity contribution in [3.63, 3.8) is 0 Å². The highest BCUT2D eigenvalue weighted by atomic mass is 35.5. The third-order valence-electron chi connectivity index (χ3n) is 3.69. The van der Waals surface area contributed by atoms with Crippen molar-refractivity contribution < 1.29 is 4.74 Å². The molecule has 0 radical (unpaired) electrons. The molecule has 3 aromatic rings. The van der Waals surface area contributed by atoms with Crippen LogP contribution in [0.15, 0.2) is 67.3 Å². The molecule has 0 aliphatic heterocycles. The van der Waals surface area contributed by atoms with E-state index >= 15 is 0 Å². The normalized spacial score (nSPS) is 11.9. The Bertz CT molecular complexity index is 837. The Labute approximate surface area is 172 Å². The summed E-state index contributed by atoms with van der Waals surface area (Å²) in [6.45, 7) is 1.15. The van der Waals surface area contributed by atoms with Crippen LogP contribution in [-0.4, -0.2) is 13.9 Å². The van der Waals surface area contributed by atoms with Gasteiger partial charge in [0.1, 0.15) is 6.61 Å². The van der Waals surface area contributed by atoms with E-state index in [4.69, 9.17) is 40.2 Å². The molecule has 0 saturated carbocycles. The van der Waals surface area contributed by atoms with Crippen LogP contribution in [0.25, 0.3) is 0 Å². The molecule has 26 heavy (non-hydrogen) atoms. The van der Waals surface area contributed by atoms with Crippen LogP contribution < -0.4 is 0 Å². The number of ether oxygens (including phenoxy) is 1. The summed E-state index contributed by atoms with van der Waals surface area (Å²) < 4.78 is 8.29. The fourth-order valence-corrected chi connectivity index (χ4v) is 3.91. The summed E-state index contributed by atoms with van der Waals surface area (Å²) in [6.07, 6.45) is 5.49. The van der Waals surface area contributed by atoms with Crippen LogP contribution >= 0.6 is 47.2 Å². The largest absolute Gasteiger partial charge is 0.474 e. The van der Waals surface area contributed by atoms with Crippen LogP contribution in [-0.2, 0) is 17.9 Å². The minimum absolute atomic E-state index is 0.0965. The summed E-state index contributed by atoms with van der Waals surface area (Å²) in [6, 6.07) is 15.3. The molecule has 0 fully saturated rings. The highest BCUT2D eigenvalue weighted by Crippen LogP contribution is 2.33. The molecule has 1 atom stereocenters. The van der Waals surface area contributed by atoms with Crippen molar-refractivity contribution in [3.8, 4) is 0 Å². The van der Waals surface area contributed by atoms with Crippen molar-refractivity contribution in [1.82, 2.24) is 9.55 Å². The minimum atomic E-state index is 0.0965. The molecule has 0 N–H and O–H groups in total. The number of benzene rings is 2. The van der Waals surface area contributed by atoms with Gasteiger partial charge in [-0.1, -0.05) is 59.2 Å². The van der Waals surface area contributed by atoms with Crippen molar-refractivity contribution in [2.45, 2.75) is 18.4 Å². The summed E-state index contributed by atoms with van der Waals surface area (Å²) in [5.74, 6) is 0. The fourth-order valence-electron chi connectivity index (χ4n) is 2.35. The van der Waals surface area contributed by atoms with E-state index in [2.05, 4.69) is 4.98 Å². The molecule has 0 aliphatic rings. The lowest BCUT2D eigenvalue weighted by Gasteiger charge is -2.18. The zero-order chi connectivity index (χ0) is 18.4. The number of imidazole rings is 1. The number of thioether (sulfide) groups is 1. The molecule has 1 unspecified atom stereocenters. The van der Waals surface area contributed by atoms with E-state index in [-0.39, 0.29) is 5.25 Å². The predicted molar refractivity (Wildman–Crippen MR) is 113 cm³/mol. The summed E-state index contributed by atoms with van der Waals surface area (Å²) in [5, 5.41) is 1.51. The number of halogens is 2. The van der Waals surface area contributed by atoms with Gasteiger partial charge in [0, 0.05) is 29.0 Å².